The molecular weight excluding hydrogens is 374 g/mol. The van der Waals surface area contributed by atoms with E-state index < -0.39 is 22.6 Å². The largest absolute Gasteiger partial charge is 0.307 e. The van der Waals surface area contributed by atoms with E-state index >= 15 is 0 Å². The maximum Gasteiger partial charge on any atom is 0.249 e. The molecular formula is C19H15ClF2N4O. The zero-order valence-electron chi connectivity index (χ0n) is 14.3. The number of rotatable bonds is 5. The fraction of sp³-hybridized carbons (Fsp3) is 0.105. The van der Waals surface area contributed by atoms with Gasteiger partial charge in [0.2, 0.25) is 5.91 Å². The fourth-order valence-electron chi connectivity index (χ4n) is 2.57. The van der Waals surface area contributed by atoms with E-state index in [0.717, 1.165) is 29.0 Å². The van der Waals surface area contributed by atoms with Crippen molar-refractivity contribution in [1.82, 2.24) is 15.2 Å². The number of H-pyrrole nitrogens is 1. The van der Waals surface area contributed by atoms with E-state index in [9.17, 15) is 13.6 Å². The van der Waals surface area contributed by atoms with Crippen LogP contribution in [0.2, 0.25) is 5.02 Å². The maximum absolute atomic E-state index is 13.4. The summed E-state index contributed by atoms with van der Waals surface area (Å²) >= 11 is 5.44. The molecule has 0 bridgehead atoms. The van der Waals surface area contributed by atoms with E-state index in [0.29, 0.717) is 12.2 Å². The molecule has 2 N–H and O–H groups in total. The van der Waals surface area contributed by atoms with Gasteiger partial charge in [0, 0.05) is 29.6 Å². The van der Waals surface area contributed by atoms with Gasteiger partial charge in [0.15, 0.2) is 0 Å². The normalized spacial score (nSPS) is 11.1. The van der Waals surface area contributed by atoms with E-state index in [4.69, 9.17) is 11.6 Å². The van der Waals surface area contributed by atoms with Gasteiger partial charge in [-0.25, -0.2) is 8.78 Å². The van der Waals surface area contributed by atoms with Crippen molar-refractivity contribution in [3.05, 3.63) is 70.5 Å². The number of carbonyl (C=O) groups excluding carboxylic acids is 1. The Bertz CT molecular complexity index is 979. The number of hydrogen-bond acceptors (Lipinski definition) is 3. The average molecular weight is 389 g/mol. The molecule has 0 aliphatic rings. The molecule has 8 heteroatoms. The number of carbonyl (C=O) groups is 1. The van der Waals surface area contributed by atoms with Gasteiger partial charge in [0.05, 0.1) is 5.69 Å². The van der Waals surface area contributed by atoms with Crippen molar-refractivity contribution in [2.75, 3.05) is 5.32 Å². The summed E-state index contributed by atoms with van der Waals surface area (Å²) in [5.41, 5.74) is 2.62. The molecule has 138 valence electrons. The minimum absolute atomic E-state index is 0.183. The molecule has 3 aromatic rings. The maximum atomic E-state index is 13.4. The molecule has 1 amide bonds. The predicted octanol–water partition coefficient (Wildman–Crippen LogP) is 4.62. The molecule has 2 aromatic heterocycles. The molecule has 2 heterocycles. The Kier molecular flexibility index (Phi) is 5.61. The van der Waals surface area contributed by atoms with E-state index in [2.05, 4.69) is 20.5 Å². The molecule has 0 spiro atoms. The summed E-state index contributed by atoms with van der Waals surface area (Å²) in [6, 6.07) is 5.74. The van der Waals surface area contributed by atoms with E-state index in [1.807, 2.05) is 19.1 Å². The summed E-state index contributed by atoms with van der Waals surface area (Å²) in [6.07, 6.45) is 6.43. The molecule has 27 heavy (non-hydrogen) atoms. The quantitative estimate of drug-likeness (QED) is 0.495. The van der Waals surface area contributed by atoms with E-state index in [1.54, 1.807) is 12.4 Å². The lowest BCUT2D eigenvalue weighted by Gasteiger charge is -2.04. The summed E-state index contributed by atoms with van der Waals surface area (Å²) in [6.45, 7) is 1.94. The van der Waals surface area contributed by atoms with Gasteiger partial charge >= 0.3 is 0 Å². The Morgan fingerprint density at radius 1 is 1.26 bits per heavy atom. The second-order valence-electron chi connectivity index (χ2n) is 5.64. The molecule has 0 saturated heterocycles. The van der Waals surface area contributed by atoms with Crippen molar-refractivity contribution >= 4 is 29.4 Å². The topological polar surface area (TPSA) is 70.7 Å². The van der Waals surface area contributed by atoms with E-state index in [1.165, 1.54) is 12.2 Å². The van der Waals surface area contributed by atoms with Crippen molar-refractivity contribution < 1.29 is 13.6 Å². The van der Waals surface area contributed by atoms with Gasteiger partial charge in [-0.05, 0) is 42.3 Å². The molecule has 3 rings (SSSR count). The van der Waals surface area contributed by atoms with Crippen LogP contribution >= 0.6 is 11.6 Å². The number of halogens is 3. The van der Waals surface area contributed by atoms with Crippen LogP contribution in [0.4, 0.5) is 14.6 Å². The van der Waals surface area contributed by atoms with Gasteiger partial charge in [0.25, 0.3) is 0 Å². The first-order valence-corrected chi connectivity index (χ1v) is 8.48. The number of amides is 1. The van der Waals surface area contributed by atoms with Crippen LogP contribution in [0.3, 0.4) is 0 Å². The minimum atomic E-state index is -0.888. The van der Waals surface area contributed by atoms with Crippen molar-refractivity contribution in [2.45, 2.75) is 13.3 Å². The molecule has 0 aliphatic heterocycles. The van der Waals surface area contributed by atoms with Crippen LogP contribution < -0.4 is 5.32 Å². The Labute approximate surface area is 159 Å². The van der Waals surface area contributed by atoms with Crippen LogP contribution in [-0.2, 0) is 11.2 Å². The highest BCUT2D eigenvalue weighted by atomic mass is 35.5. The first-order valence-electron chi connectivity index (χ1n) is 8.10. The Morgan fingerprint density at radius 3 is 2.56 bits per heavy atom. The van der Waals surface area contributed by atoms with Crippen LogP contribution in [-0.4, -0.2) is 21.1 Å². The number of nitrogens with one attached hydrogen (secondary N) is 2. The average Bonchev–Trinajstić information content (AvgIpc) is 3.07. The van der Waals surface area contributed by atoms with Crippen LogP contribution in [0.5, 0.6) is 0 Å². The number of pyridine rings is 1. The Morgan fingerprint density at radius 2 is 1.93 bits per heavy atom. The Balaban J connectivity index is 1.78. The number of anilines is 1. The first kappa shape index (κ1) is 18.7. The first-order chi connectivity index (χ1) is 13.0. The number of aromatic amines is 1. The van der Waals surface area contributed by atoms with Gasteiger partial charge in [0.1, 0.15) is 22.5 Å². The molecule has 0 atom stereocenters. The van der Waals surface area contributed by atoms with Gasteiger partial charge in [-0.3, -0.25) is 14.9 Å². The summed E-state index contributed by atoms with van der Waals surface area (Å²) in [7, 11) is 0. The summed E-state index contributed by atoms with van der Waals surface area (Å²) in [5, 5.41) is 9.17. The smallest absolute Gasteiger partial charge is 0.249 e. The third-order valence-electron chi connectivity index (χ3n) is 3.86. The highest BCUT2D eigenvalue weighted by Gasteiger charge is 2.14. The van der Waals surface area contributed by atoms with Crippen molar-refractivity contribution in [3.8, 4) is 11.3 Å². The number of benzene rings is 1. The highest BCUT2D eigenvalue weighted by Crippen LogP contribution is 2.27. The van der Waals surface area contributed by atoms with Crippen LogP contribution in [0.25, 0.3) is 17.3 Å². The van der Waals surface area contributed by atoms with E-state index in [-0.39, 0.29) is 5.56 Å². The van der Waals surface area contributed by atoms with Crippen molar-refractivity contribution in [1.29, 1.82) is 0 Å². The standard InChI is InChI=1S/C19H15ClF2N4O/c1-2-13-18(12-5-7-23-8-6-12)25-26-19(13)24-16(27)4-3-11-9-14(21)17(20)15(22)10-11/h3-10H,2H2,1H3,(H2,24,25,26,27). The lowest BCUT2D eigenvalue weighted by molar-refractivity contribution is -0.111. The molecule has 1 aromatic carbocycles. The van der Waals surface area contributed by atoms with Crippen LogP contribution in [0, 0.1) is 11.6 Å². The third kappa shape index (κ3) is 4.20. The number of aromatic nitrogens is 3. The highest BCUT2D eigenvalue weighted by molar-refractivity contribution is 6.30. The molecule has 0 fully saturated rings. The zero-order valence-corrected chi connectivity index (χ0v) is 15.0. The van der Waals surface area contributed by atoms with Crippen molar-refractivity contribution in [3.63, 3.8) is 0 Å². The second-order valence-corrected chi connectivity index (χ2v) is 6.01. The monoisotopic (exact) mass is 388 g/mol. The van der Waals surface area contributed by atoms with Gasteiger partial charge in [-0.1, -0.05) is 18.5 Å². The molecule has 0 unspecified atom stereocenters. The zero-order chi connectivity index (χ0) is 19.4. The minimum Gasteiger partial charge on any atom is -0.307 e. The lowest BCUT2D eigenvalue weighted by Crippen LogP contribution is -2.09. The lowest BCUT2D eigenvalue weighted by atomic mass is 10.1. The second kappa shape index (κ2) is 8.09. The number of nitrogens with zero attached hydrogens (tertiary/aromatic N) is 2. The molecule has 5 nitrogen and oxygen atoms in total. The fourth-order valence-corrected chi connectivity index (χ4v) is 2.68. The van der Waals surface area contributed by atoms with Crippen LogP contribution in [0.15, 0.2) is 42.7 Å². The third-order valence-corrected chi connectivity index (χ3v) is 4.22. The van der Waals surface area contributed by atoms with Crippen molar-refractivity contribution in [2.24, 2.45) is 0 Å². The molecule has 0 aliphatic carbocycles. The SMILES string of the molecule is CCc1c(-c2ccncc2)n[nH]c1NC(=O)C=Cc1cc(F)c(Cl)c(F)c1. The molecule has 0 radical (unpaired) electrons. The van der Waals surface area contributed by atoms with Gasteiger partial charge < -0.3 is 5.32 Å². The Hall–Kier alpha value is -3.06. The van der Waals surface area contributed by atoms with Crippen LogP contribution in [0.1, 0.15) is 18.1 Å². The predicted molar refractivity (Wildman–Crippen MR) is 100 cm³/mol. The summed E-state index contributed by atoms with van der Waals surface area (Å²) in [5.74, 6) is -1.78. The molecule has 0 saturated carbocycles. The van der Waals surface area contributed by atoms with Gasteiger partial charge in [-0.15, -0.1) is 0 Å². The summed E-state index contributed by atoms with van der Waals surface area (Å²) in [4.78, 5) is 16.1. The number of hydrogen-bond donors (Lipinski definition) is 2. The summed E-state index contributed by atoms with van der Waals surface area (Å²) < 4.78 is 26.9. The van der Waals surface area contributed by atoms with Gasteiger partial charge in [-0.2, -0.15) is 5.10 Å².